The number of halogens is 3. The lowest BCUT2D eigenvalue weighted by atomic mass is 10.0. The molecule has 0 saturated heterocycles. The molecule has 2 aromatic rings. The molecule has 0 aliphatic rings. The standard InChI is InChI=1S/C17H18F3NO/c1-10(2)13-6-4-11(3)8-16(13)22-15-7-5-12(9-14(15)21)17(18,19)20/h4-10H,21H2,1-3H3. The average molecular weight is 309 g/mol. The van der Waals surface area contributed by atoms with Gasteiger partial charge in [-0.15, -0.1) is 0 Å². The molecule has 0 unspecified atom stereocenters. The second kappa shape index (κ2) is 5.91. The van der Waals surface area contributed by atoms with Crippen molar-refractivity contribution < 1.29 is 17.9 Å². The number of rotatable bonds is 3. The summed E-state index contributed by atoms with van der Waals surface area (Å²) in [6.07, 6.45) is -4.42. The van der Waals surface area contributed by atoms with E-state index in [-0.39, 0.29) is 17.4 Å². The molecule has 0 aromatic heterocycles. The van der Waals surface area contributed by atoms with Crippen LogP contribution in [0.5, 0.6) is 11.5 Å². The number of hydrogen-bond acceptors (Lipinski definition) is 2. The molecule has 0 fully saturated rings. The van der Waals surface area contributed by atoms with Crippen molar-refractivity contribution in [3.8, 4) is 11.5 Å². The highest BCUT2D eigenvalue weighted by Crippen LogP contribution is 2.37. The summed E-state index contributed by atoms with van der Waals surface area (Å²) >= 11 is 0. The van der Waals surface area contributed by atoms with Crippen LogP contribution < -0.4 is 10.5 Å². The van der Waals surface area contributed by atoms with E-state index in [9.17, 15) is 13.2 Å². The minimum Gasteiger partial charge on any atom is -0.455 e. The molecule has 0 atom stereocenters. The van der Waals surface area contributed by atoms with Crippen LogP contribution in [0.15, 0.2) is 36.4 Å². The number of nitrogen functional groups attached to an aromatic ring is 1. The second-order valence-corrected chi connectivity index (χ2v) is 5.55. The van der Waals surface area contributed by atoms with E-state index in [1.165, 1.54) is 6.07 Å². The van der Waals surface area contributed by atoms with Gasteiger partial charge in [0.15, 0.2) is 0 Å². The van der Waals surface area contributed by atoms with Gasteiger partial charge in [0.2, 0.25) is 0 Å². The van der Waals surface area contributed by atoms with Gasteiger partial charge in [0.05, 0.1) is 11.3 Å². The highest BCUT2D eigenvalue weighted by molar-refractivity contribution is 5.57. The Bertz CT molecular complexity index is 678. The zero-order chi connectivity index (χ0) is 16.5. The van der Waals surface area contributed by atoms with E-state index in [1.54, 1.807) is 0 Å². The number of anilines is 1. The molecule has 0 heterocycles. The molecule has 0 aliphatic heterocycles. The molecule has 5 heteroatoms. The molecule has 0 saturated carbocycles. The van der Waals surface area contributed by atoms with Crippen molar-refractivity contribution in [3.05, 3.63) is 53.1 Å². The van der Waals surface area contributed by atoms with Crippen molar-refractivity contribution in [2.75, 3.05) is 5.73 Å². The lowest BCUT2D eigenvalue weighted by Gasteiger charge is -2.16. The third-order valence-corrected chi connectivity index (χ3v) is 3.35. The number of benzene rings is 2. The number of ether oxygens (including phenoxy) is 1. The normalized spacial score (nSPS) is 11.8. The van der Waals surface area contributed by atoms with Crippen molar-refractivity contribution in [2.45, 2.75) is 32.9 Å². The third kappa shape index (κ3) is 3.53. The monoisotopic (exact) mass is 309 g/mol. The Kier molecular flexibility index (Phi) is 4.35. The van der Waals surface area contributed by atoms with Crippen molar-refractivity contribution >= 4 is 5.69 Å². The Balaban J connectivity index is 2.38. The van der Waals surface area contributed by atoms with E-state index in [4.69, 9.17) is 10.5 Å². The Morgan fingerprint density at radius 2 is 1.68 bits per heavy atom. The van der Waals surface area contributed by atoms with Crippen LogP contribution in [0.1, 0.15) is 36.5 Å². The van der Waals surface area contributed by atoms with Gasteiger partial charge in [-0.3, -0.25) is 0 Å². The van der Waals surface area contributed by atoms with Gasteiger partial charge in [0, 0.05) is 0 Å². The Hall–Kier alpha value is -2.17. The molecule has 2 N–H and O–H groups in total. The summed E-state index contributed by atoms with van der Waals surface area (Å²) in [6.45, 7) is 5.97. The van der Waals surface area contributed by atoms with Gasteiger partial charge in [-0.1, -0.05) is 26.0 Å². The summed E-state index contributed by atoms with van der Waals surface area (Å²) in [5.41, 5.74) is 6.86. The van der Waals surface area contributed by atoms with Gasteiger partial charge in [-0.25, -0.2) is 0 Å². The molecule has 22 heavy (non-hydrogen) atoms. The third-order valence-electron chi connectivity index (χ3n) is 3.35. The van der Waals surface area contributed by atoms with E-state index >= 15 is 0 Å². The fraction of sp³-hybridized carbons (Fsp3) is 0.294. The first-order valence-corrected chi connectivity index (χ1v) is 6.93. The Labute approximate surface area is 127 Å². The number of aryl methyl sites for hydroxylation is 1. The van der Waals surface area contributed by atoms with Crippen LogP contribution >= 0.6 is 0 Å². The highest BCUT2D eigenvalue weighted by Gasteiger charge is 2.31. The van der Waals surface area contributed by atoms with E-state index in [1.807, 2.05) is 39.0 Å². The first-order valence-electron chi connectivity index (χ1n) is 6.93. The largest absolute Gasteiger partial charge is 0.455 e. The van der Waals surface area contributed by atoms with Gasteiger partial charge in [-0.2, -0.15) is 13.2 Å². The van der Waals surface area contributed by atoms with E-state index in [0.29, 0.717) is 5.75 Å². The van der Waals surface area contributed by atoms with Gasteiger partial charge < -0.3 is 10.5 Å². The summed E-state index contributed by atoms with van der Waals surface area (Å²) < 4.78 is 43.7. The second-order valence-electron chi connectivity index (χ2n) is 5.55. The molecule has 118 valence electrons. The van der Waals surface area contributed by atoms with Crippen LogP contribution in [0.2, 0.25) is 0 Å². The Morgan fingerprint density at radius 3 is 2.23 bits per heavy atom. The van der Waals surface area contributed by atoms with E-state index in [0.717, 1.165) is 23.3 Å². The minimum atomic E-state index is -4.42. The topological polar surface area (TPSA) is 35.2 Å². The molecule has 0 radical (unpaired) electrons. The number of alkyl halides is 3. The van der Waals surface area contributed by atoms with Crippen LogP contribution in [0.3, 0.4) is 0 Å². The maximum absolute atomic E-state index is 12.7. The highest BCUT2D eigenvalue weighted by atomic mass is 19.4. The molecular formula is C17H18F3NO. The zero-order valence-electron chi connectivity index (χ0n) is 12.7. The predicted molar refractivity (Wildman–Crippen MR) is 81.2 cm³/mol. The lowest BCUT2D eigenvalue weighted by Crippen LogP contribution is -2.06. The van der Waals surface area contributed by atoms with Crippen LogP contribution in [0.4, 0.5) is 18.9 Å². The zero-order valence-corrected chi connectivity index (χ0v) is 12.7. The molecule has 2 nitrogen and oxygen atoms in total. The van der Waals surface area contributed by atoms with Crippen molar-refractivity contribution in [3.63, 3.8) is 0 Å². The minimum absolute atomic E-state index is 0.0361. The first kappa shape index (κ1) is 16.2. The smallest absolute Gasteiger partial charge is 0.416 e. The summed E-state index contributed by atoms with van der Waals surface area (Å²) in [4.78, 5) is 0. The van der Waals surface area contributed by atoms with Crippen molar-refractivity contribution in [1.29, 1.82) is 0 Å². The summed E-state index contributed by atoms with van der Waals surface area (Å²) in [6, 6.07) is 8.89. The van der Waals surface area contributed by atoms with Crippen LogP contribution in [-0.2, 0) is 6.18 Å². The fourth-order valence-electron chi connectivity index (χ4n) is 2.14. The van der Waals surface area contributed by atoms with E-state index in [2.05, 4.69) is 0 Å². The number of nitrogens with two attached hydrogens (primary N) is 1. The fourth-order valence-corrected chi connectivity index (χ4v) is 2.14. The van der Waals surface area contributed by atoms with E-state index < -0.39 is 11.7 Å². The Morgan fingerprint density at radius 1 is 1.00 bits per heavy atom. The van der Waals surface area contributed by atoms with Gasteiger partial charge in [0.1, 0.15) is 11.5 Å². The quantitative estimate of drug-likeness (QED) is 0.758. The van der Waals surface area contributed by atoms with Crippen LogP contribution in [0.25, 0.3) is 0 Å². The molecule has 0 amide bonds. The van der Waals surface area contributed by atoms with Gasteiger partial charge in [-0.05, 0) is 48.2 Å². The van der Waals surface area contributed by atoms with Gasteiger partial charge in [0.25, 0.3) is 0 Å². The maximum atomic E-state index is 12.7. The molecule has 2 rings (SSSR count). The molecular weight excluding hydrogens is 291 g/mol. The SMILES string of the molecule is Cc1ccc(C(C)C)c(Oc2ccc(C(F)(F)F)cc2N)c1. The average Bonchev–Trinajstić information content (AvgIpc) is 2.39. The van der Waals surface area contributed by atoms with Gasteiger partial charge >= 0.3 is 6.18 Å². The van der Waals surface area contributed by atoms with Crippen LogP contribution in [0, 0.1) is 6.92 Å². The summed E-state index contributed by atoms with van der Waals surface area (Å²) in [5.74, 6) is 1.06. The van der Waals surface area contributed by atoms with Crippen molar-refractivity contribution in [2.24, 2.45) is 0 Å². The molecule has 0 bridgehead atoms. The number of hydrogen-bond donors (Lipinski definition) is 1. The van der Waals surface area contributed by atoms with Crippen molar-refractivity contribution in [1.82, 2.24) is 0 Å². The molecule has 0 aliphatic carbocycles. The maximum Gasteiger partial charge on any atom is 0.416 e. The molecule has 0 spiro atoms. The first-order chi connectivity index (χ1) is 10.2. The summed E-state index contributed by atoms with van der Waals surface area (Å²) in [5, 5.41) is 0. The summed E-state index contributed by atoms with van der Waals surface area (Å²) in [7, 11) is 0. The van der Waals surface area contributed by atoms with Crippen LogP contribution in [-0.4, -0.2) is 0 Å². The molecule has 2 aromatic carbocycles. The lowest BCUT2D eigenvalue weighted by molar-refractivity contribution is -0.137. The predicted octanol–water partition coefficient (Wildman–Crippen LogP) is 5.51.